The van der Waals surface area contributed by atoms with E-state index in [0.717, 1.165) is 25.4 Å². The van der Waals surface area contributed by atoms with Crippen LogP contribution in [0.2, 0.25) is 0 Å². The number of anilines is 1. The van der Waals surface area contributed by atoms with Crippen LogP contribution in [0.25, 0.3) is 0 Å². The first-order chi connectivity index (χ1) is 6.81. The van der Waals surface area contributed by atoms with Gasteiger partial charge in [-0.05, 0) is 31.4 Å². The van der Waals surface area contributed by atoms with Crippen molar-refractivity contribution in [3.05, 3.63) is 29.3 Å². The van der Waals surface area contributed by atoms with Crippen molar-refractivity contribution in [2.75, 3.05) is 23.9 Å². The SMILES string of the molecule is Cc1ccc2c(c1)CCN2CCCCl. The number of alkyl halides is 1. The lowest BCUT2D eigenvalue weighted by atomic mass is 10.1. The molecule has 1 aromatic rings. The fourth-order valence-corrected chi connectivity index (χ4v) is 2.20. The van der Waals surface area contributed by atoms with E-state index < -0.39 is 0 Å². The van der Waals surface area contributed by atoms with E-state index in [-0.39, 0.29) is 0 Å². The molecule has 1 nitrogen and oxygen atoms in total. The molecule has 0 N–H and O–H groups in total. The summed E-state index contributed by atoms with van der Waals surface area (Å²) >= 11 is 5.71. The molecule has 2 rings (SSSR count). The van der Waals surface area contributed by atoms with Crippen LogP contribution in [-0.2, 0) is 6.42 Å². The van der Waals surface area contributed by atoms with E-state index in [1.54, 1.807) is 0 Å². The number of hydrogen-bond donors (Lipinski definition) is 0. The summed E-state index contributed by atoms with van der Waals surface area (Å²) in [5, 5.41) is 0. The Hall–Kier alpha value is -0.690. The molecule has 0 saturated carbocycles. The van der Waals surface area contributed by atoms with E-state index in [9.17, 15) is 0 Å². The number of aryl methyl sites for hydroxylation is 1. The molecule has 0 atom stereocenters. The zero-order valence-electron chi connectivity index (χ0n) is 8.59. The van der Waals surface area contributed by atoms with Gasteiger partial charge in [0.2, 0.25) is 0 Å². The van der Waals surface area contributed by atoms with Crippen molar-refractivity contribution < 1.29 is 0 Å². The normalized spacial score (nSPS) is 14.6. The third-order valence-corrected chi connectivity index (χ3v) is 3.06. The summed E-state index contributed by atoms with van der Waals surface area (Å²) in [7, 11) is 0. The van der Waals surface area contributed by atoms with E-state index >= 15 is 0 Å². The third-order valence-electron chi connectivity index (χ3n) is 2.79. The Kier molecular flexibility index (Phi) is 2.97. The van der Waals surface area contributed by atoms with Crippen molar-refractivity contribution >= 4 is 17.3 Å². The molecule has 0 radical (unpaired) electrons. The number of rotatable bonds is 3. The summed E-state index contributed by atoms with van der Waals surface area (Å²) in [5.41, 5.74) is 4.28. The van der Waals surface area contributed by atoms with Gasteiger partial charge in [0.05, 0.1) is 0 Å². The zero-order valence-corrected chi connectivity index (χ0v) is 9.35. The molecule has 2 heteroatoms. The lowest BCUT2D eigenvalue weighted by Crippen LogP contribution is -2.21. The molecule has 0 aromatic heterocycles. The molecule has 14 heavy (non-hydrogen) atoms. The summed E-state index contributed by atoms with van der Waals surface area (Å²) in [6.07, 6.45) is 2.27. The molecule has 0 bridgehead atoms. The molecule has 0 fully saturated rings. The molecule has 1 aliphatic heterocycles. The number of hydrogen-bond acceptors (Lipinski definition) is 1. The summed E-state index contributed by atoms with van der Waals surface area (Å²) in [6, 6.07) is 6.74. The molecule has 1 aliphatic rings. The fraction of sp³-hybridized carbons (Fsp3) is 0.500. The van der Waals surface area contributed by atoms with E-state index in [2.05, 4.69) is 30.0 Å². The Balaban J connectivity index is 2.14. The van der Waals surface area contributed by atoms with Gasteiger partial charge in [-0.2, -0.15) is 0 Å². The third kappa shape index (κ3) is 1.88. The average Bonchev–Trinajstić information content (AvgIpc) is 2.57. The Morgan fingerprint density at radius 3 is 3.07 bits per heavy atom. The van der Waals surface area contributed by atoms with Crippen LogP contribution in [0, 0.1) is 6.92 Å². The predicted octanol–water partition coefficient (Wildman–Crippen LogP) is 2.99. The maximum absolute atomic E-state index is 5.71. The number of halogens is 1. The van der Waals surface area contributed by atoms with Gasteiger partial charge >= 0.3 is 0 Å². The van der Waals surface area contributed by atoms with E-state index in [1.165, 1.54) is 23.2 Å². The minimum atomic E-state index is 0.762. The Morgan fingerprint density at radius 2 is 2.29 bits per heavy atom. The number of fused-ring (bicyclic) bond motifs is 1. The van der Waals surface area contributed by atoms with Crippen LogP contribution in [0.5, 0.6) is 0 Å². The summed E-state index contributed by atoms with van der Waals surface area (Å²) in [5.74, 6) is 0.762. The van der Waals surface area contributed by atoms with Gasteiger partial charge in [-0.15, -0.1) is 11.6 Å². The van der Waals surface area contributed by atoms with Crippen molar-refractivity contribution in [2.24, 2.45) is 0 Å². The lowest BCUT2D eigenvalue weighted by Gasteiger charge is -2.18. The number of nitrogens with zero attached hydrogens (tertiary/aromatic N) is 1. The van der Waals surface area contributed by atoms with Gasteiger partial charge in [-0.3, -0.25) is 0 Å². The Bertz CT molecular complexity index is 322. The molecular formula is C12H16ClN. The standard InChI is InChI=1S/C12H16ClN/c1-10-3-4-12-11(9-10)5-8-14(12)7-2-6-13/h3-4,9H,2,5-8H2,1H3. The minimum absolute atomic E-state index is 0.762. The average molecular weight is 210 g/mol. The van der Waals surface area contributed by atoms with E-state index in [1.807, 2.05) is 0 Å². The van der Waals surface area contributed by atoms with Crippen molar-refractivity contribution in [3.63, 3.8) is 0 Å². The second-order valence-electron chi connectivity index (χ2n) is 3.91. The van der Waals surface area contributed by atoms with Crippen molar-refractivity contribution in [1.29, 1.82) is 0 Å². The monoisotopic (exact) mass is 209 g/mol. The molecule has 0 unspecified atom stereocenters. The van der Waals surface area contributed by atoms with Crippen molar-refractivity contribution in [3.8, 4) is 0 Å². The molecule has 0 aliphatic carbocycles. The second-order valence-corrected chi connectivity index (χ2v) is 4.29. The quantitative estimate of drug-likeness (QED) is 0.692. The van der Waals surface area contributed by atoms with Crippen molar-refractivity contribution in [2.45, 2.75) is 19.8 Å². The van der Waals surface area contributed by atoms with E-state index in [0.29, 0.717) is 0 Å². The smallest absolute Gasteiger partial charge is 0.0399 e. The van der Waals surface area contributed by atoms with Crippen LogP contribution in [0.1, 0.15) is 17.5 Å². The maximum Gasteiger partial charge on any atom is 0.0399 e. The van der Waals surface area contributed by atoms with Crippen LogP contribution in [-0.4, -0.2) is 19.0 Å². The van der Waals surface area contributed by atoms with Crippen LogP contribution in [0.3, 0.4) is 0 Å². The topological polar surface area (TPSA) is 3.24 Å². The Labute approximate surface area is 90.7 Å². The maximum atomic E-state index is 5.71. The highest BCUT2D eigenvalue weighted by molar-refractivity contribution is 6.17. The summed E-state index contributed by atoms with van der Waals surface area (Å²) < 4.78 is 0. The van der Waals surface area contributed by atoms with Gasteiger partial charge in [0.1, 0.15) is 0 Å². The molecule has 1 aromatic carbocycles. The molecule has 76 valence electrons. The second kappa shape index (κ2) is 4.22. The fourth-order valence-electron chi connectivity index (χ4n) is 2.08. The van der Waals surface area contributed by atoms with Gasteiger partial charge in [-0.1, -0.05) is 17.7 Å². The van der Waals surface area contributed by atoms with Crippen LogP contribution >= 0.6 is 11.6 Å². The predicted molar refractivity (Wildman–Crippen MR) is 62.4 cm³/mol. The Morgan fingerprint density at radius 1 is 1.43 bits per heavy atom. The van der Waals surface area contributed by atoms with Gasteiger partial charge < -0.3 is 4.90 Å². The molecular weight excluding hydrogens is 194 g/mol. The van der Waals surface area contributed by atoms with Crippen LogP contribution < -0.4 is 4.90 Å². The first-order valence-electron chi connectivity index (χ1n) is 5.21. The first kappa shape index (κ1) is 9.85. The first-order valence-corrected chi connectivity index (χ1v) is 5.75. The number of benzene rings is 1. The van der Waals surface area contributed by atoms with Gasteiger partial charge in [0.25, 0.3) is 0 Å². The highest BCUT2D eigenvalue weighted by Gasteiger charge is 2.17. The van der Waals surface area contributed by atoms with Crippen LogP contribution in [0.4, 0.5) is 5.69 Å². The molecule has 0 spiro atoms. The lowest BCUT2D eigenvalue weighted by molar-refractivity contribution is 0.800. The van der Waals surface area contributed by atoms with Crippen LogP contribution in [0.15, 0.2) is 18.2 Å². The summed E-state index contributed by atoms with van der Waals surface area (Å²) in [4.78, 5) is 2.44. The molecule has 0 amide bonds. The highest BCUT2D eigenvalue weighted by atomic mass is 35.5. The van der Waals surface area contributed by atoms with Crippen molar-refractivity contribution in [1.82, 2.24) is 0 Å². The van der Waals surface area contributed by atoms with Gasteiger partial charge in [-0.25, -0.2) is 0 Å². The zero-order chi connectivity index (χ0) is 9.97. The highest BCUT2D eigenvalue weighted by Crippen LogP contribution is 2.28. The molecule has 1 heterocycles. The largest absolute Gasteiger partial charge is 0.371 e. The van der Waals surface area contributed by atoms with Gasteiger partial charge in [0.15, 0.2) is 0 Å². The molecule has 0 saturated heterocycles. The minimum Gasteiger partial charge on any atom is -0.371 e. The van der Waals surface area contributed by atoms with E-state index in [4.69, 9.17) is 11.6 Å². The van der Waals surface area contributed by atoms with Gasteiger partial charge in [0, 0.05) is 24.7 Å². The summed E-state index contributed by atoms with van der Waals surface area (Å²) in [6.45, 7) is 4.41.